The molecule has 0 atom stereocenters. The zero-order valence-electron chi connectivity index (χ0n) is 37.0. The van der Waals surface area contributed by atoms with E-state index in [0.717, 1.165) is 65.4 Å². The van der Waals surface area contributed by atoms with Gasteiger partial charge in [-0.05, 0) is 68.7 Å². The zero-order valence-corrected chi connectivity index (χ0v) is 37.0. The molecule has 2 aromatic heterocycles. The maximum atomic E-state index is 14.9. The van der Waals surface area contributed by atoms with E-state index in [-0.39, 0.29) is 48.6 Å². The second-order valence-electron chi connectivity index (χ2n) is 16.3. The van der Waals surface area contributed by atoms with Crippen molar-refractivity contribution in [1.29, 1.82) is 0 Å². The van der Waals surface area contributed by atoms with Crippen molar-refractivity contribution >= 4 is 57.0 Å². The monoisotopic (exact) mass is 875 g/mol. The molecule has 0 bridgehead atoms. The minimum Gasteiger partial charge on any atom is -0.465 e. The number of piperazine rings is 2. The highest BCUT2D eigenvalue weighted by atomic mass is 19.1. The average Bonchev–Trinajstić information content (AvgIpc) is 3.89. The molecule has 4 aromatic carbocycles. The fourth-order valence-electron chi connectivity index (χ4n) is 8.12. The number of esters is 1. The standard InChI is InChI=1S/C24H28FN5O2.C24H27FN4O3/c1-27-10-12-29(13-11-27)24(32)30(22-5-3-4-21-19(22)8-9-28(21)2)16-18-7-6-17(14-20(18)25)23(31)15-26;1-26-11-13-28(14-12-26)24(31)29(22-6-4-5-21-19(22)9-10-27(21)2)16-18-8-7-17(15-20(18)25)23(30)32-3/h3-9,14H,10-13,15-16,26H2,1-2H3;4-10,15H,11-14,16H2,1-3H3. The molecule has 4 amide bonds. The average molecular weight is 876 g/mol. The van der Waals surface area contributed by atoms with Gasteiger partial charge < -0.3 is 39.2 Å². The number of ether oxygens (including phenoxy) is 1. The Morgan fingerprint density at radius 1 is 0.594 bits per heavy atom. The van der Waals surface area contributed by atoms with Crippen molar-refractivity contribution in [2.45, 2.75) is 13.1 Å². The third-order valence-corrected chi connectivity index (χ3v) is 12.1. The van der Waals surface area contributed by atoms with Crippen molar-refractivity contribution in [3.8, 4) is 0 Å². The maximum absolute atomic E-state index is 14.9. The highest BCUT2D eigenvalue weighted by Crippen LogP contribution is 2.32. The van der Waals surface area contributed by atoms with E-state index < -0.39 is 17.6 Å². The molecule has 0 unspecified atom stereocenters. The number of halogens is 2. The molecule has 4 heterocycles. The lowest BCUT2D eigenvalue weighted by Gasteiger charge is -2.36. The second-order valence-corrected chi connectivity index (χ2v) is 16.3. The number of aryl methyl sites for hydroxylation is 2. The Hall–Kier alpha value is -6.62. The number of hydrogen-bond acceptors (Lipinski definition) is 8. The first-order valence-electron chi connectivity index (χ1n) is 21.2. The quantitative estimate of drug-likeness (QED) is 0.132. The first-order valence-corrected chi connectivity index (χ1v) is 21.2. The number of nitrogens with two attached hydrogens (primary N) is 1. The van der Waals surface area contributed by atoms with Crippen molar-refractivity contribution in [2.24, 2.45) is 19.8 Å². The van der Waals surface area contributed by atoms with Gasteiger partial charge in [-0.2, -0.15) is 0 Å². The molecule has 2 fully saturated rings. The van der Waals surface area contributed by atoms with Crippen molar-refractivity contribution in [3.63, 3.8) is 0 Å². The SMILES string of the molecule is CN1CCN(C(=O)N(Cc2ccc(C(=O)CN)cc2F)c2cccc3c2ccn3C)CC1.COC(=O)c1ccc(CN(C(=O)N2CCN(C)CC2)c2cccc3c2ccn3C)c(F)c1. The van der Waals surface area contributed by atoms with Gasteiger partial charge in [0.15, 0.2) is 5.78 Å². The van der Waals surface area contributed by atoms with Crippen LogP contribution in [0.25, 0.3) is 21.8 Å². The molecule has 14 nitrogen and oxygen atoms in total. The van der Waals surface area contributed by atoms with E-state index in [9.17, 15) is 28.0 Å². The number of benzene rings is 4. The smallest absolute Gasteiger partial charge is 0.337 e. The summed E-state index contributed by atoms with van der Waals surface area (Å²) in [6.07, 6.45) is 3.89. The van der Waals surface area contributed by atoms with Crippen LogP contribution in [0, 0.1) is 11.6 Å². The van der Waals surface area contributed by atoms with Gasteiger partial charge in [-0.15, -0.1) is 0 Å². The molecular weight excluding hydrogens is 821 g/mol. The number of likely N-dealkylation sites (N-methyl/N-ethyl adjacent to an activating group) is 2. The van der Waals surface area contributed by atoms with Gasteiger partial charge in [0.1, 0.15) is 11.6 Å². The van der Waals surface area contributed by atoms with Gasteiger partial charge in [-0.3, -0.25) is 14.6 Å². The lowest BCUT2D eigenvalue weighted by molar-refractivity contribution is 0.0600. The third kappa shape index (κ3) is 9.78. The van der Waals surface area contributed by atoms with Gasteiger partial charge in [-0.25, -0.2) is 23.2 Å². The Morgan fingerprint density at radius 3 is 1.42 bits per heavy atom. The summed E-state index contributed by atoms with van der Waals surface area (Å²) in [5, 5.41) is 1.84. The van der Waals surface area contributed by atoms with Gasteiger partial charge in [-0.1, -0.05) is 30.3 Å². The van der Waals surface area contributed by atoms with Gasteiger partial charge in [0.2, 0.25) is 0 Å². The highest BCUT2D eigenvalue weighted by molar-refractivity contribution is 6.04. The Bertz CT molecular complexity index is 2480. The lowest BCUT2D eigenvalue weighted by atomic mass is 10.1. The first-order chi connectivity index (χ1) is 30.8. The lowest BCUT2D eigenvalue weighted by Crippen LogP contribution is -2.52. The van der Waals surface area contributed by atoms with Crippen molar-refractivity contribution in [2.75, 3.05) is 89.9 Å². The molecule has 0 spiro atoms. The molecule has 0 saturated carbocycles. The number of Topliss-reactive ketones (excluding diaryl/α,β-unsaturated/α-hetero) is 1. The molecule has 0 aliphatic carbocycles. The number of carbonyl (C=O) groups excluding carboxylic acids is 4. The topological polar surface area (TPSA) is 133 Å². The van der Waals surface area contributed by atoms with Crippen LogP contribution in [0.15, 0.2) is 97.3 Å². The first kappa shape index (κ1) is 45.4. The Balaban J connectivity index is 0.000000191. The highest BCUT2D eigenvalue weighted by Gasteiger charge is 2.29. The van der Waals surface area contributed by atoms with Gasteiger partial charge in [0.05, 0.1) is 43.7 Å². The number of nitrogens with zero attached hydrogens (tertiary/aromatic N) is 8. The molecule has 336 valence electrons. The number of amides is 4. The fraction of sp³-hybridized carbons (Fsp3) is 0.333. The van der Waals surface area contributed by atoms with Crippen LogP contribution >= 0.6 is 0 Å². The van der Waals surface area contributed by atoms with Crippen LogP contribution in [-0.2, 0) is 31.9 Å². The summed E-state index contributed by atoms with van der Waals surface area (Å²) in [5.41, 5.74) is 9.87. The van der Waals surface area contributed by atoms with Gasteiger partial charge in [0.25, 0.3) is 0 Å². The van der Waals surface area contributed by atoms with Gasteiger partial charge >= 0.3 is 18.0 Å². The number of fused-ring (bicyclic) bond motifs is 2. The van der Waals surface area contributed by atoms with Crippen molar-refractivity contribution in [3.05, 3.63) is 131 Å². The molecule has 8 rings (SSSR count). The van der Waals surface area contributed by atoms with E-state index in [0.29, 0.717) is 37.3 Å². The normalized spacial score (nSPS) is 14.6. The van der Waals surface area contributed by atoms with Crippen LogP contribution in [0.1, 0.15) is 31.8 Å². The largest absolute Gasteiger partial charge is 0.465 e. The summed E-state index contributed by atoms with van der Waals surface area (Å²) in [6.45, 7) is 5.54. The van der Waals surface area contributed by atoms with E-state index in [1.807, 2.05) is 108 Å². The predicted molar refractivity (Wildman–Crippen MR) is 245 cm³/mol. The Morgan fingerprint density at radius 2 is 1.02 bits per heavy atom. The van der Waals surface area contributed by atoms with Crippen LogP contribution in [0.4, 0.5) is 29.7 Å². The van der Waals surface area contributed by atoms with E-state index in [1.165, 1.54) is 25.3 Å². The maximum Gasteiger partial charge on any atom is 0.337 e. The van der Waals surface area contributed by atoms with E-state index in [1.54, 1.807) is 21.9 Å². The van der Waals surface area contributed by atoms with E-state index in [2.05, 4.69) is 14.5 Å². The third-order valence-electron chi connectivity index (χ3n) is 12.1. The van der Waals surface area contributed by atoms with Gasteiger partial charge in [0, 0.05) is 117 Å². The zero-order chi connectivity index (χ0) is 45.7. The number of carbonyl (C=O) groups is 4. The van der Waals surface area contributed by atoms with E-state index >= 15 is 0 Å². The molecule has 2 N–H and O–H groups in total. The number of urea groups is 2. The molecule has 64 heavy (non-hydrogen) atoms. The molecular formula is C48H55F2N9O5. The molecule has 0 radical (unpaired) electrons. The Labute approximate surface area is 371 Å². The molecule has 16 heteroatoms. The Kier molecular flexibility index (Phi) is 14.1. The number of aromatic nitrogens is 2. The minimum absolute atomic E-state index is 0.0481. The number of rotatable bonds is 9. The summed E-state index contributed by atoms with van der Waals surface area (Å²) < 4.78 is 38.5. The minimum atomic E-state index is -0.602. The summed E-state index contributed by atoms with van der Waals surface area (Å²) >= 11 is 0. The molecule has 2 aliphatic rings. The van der Waals surface area contributed by atoms with Crippen LogP contribution < -0.4 is 15.5 Å². The fourth-order valence-corrected chi connectivity index (χ4v) is 8.12. The number of ketones is 1. The summed E-state index contributed by atoms with van der Waals surface area (Å²) in [5.74, 6) is -2.00. The van der Waals surface area contributed by atoms with Crippen molar-refractivity contribution in [1.82, 2.24) is 28.7 Å². The second kappa shape index (κ2) is 19.8. The van der Waals surface area contributed by atoms with Crippen molar-refractivity contribution < 1.29 is 32.7 Å². The number of anilines is 2. The molecule has 2 aliphatic heterocycles. The number of methoxy groups -OCH3 is 1. The van der Waals surface area contributed by atoms with Crippen LogP contribution in [0.2, 0.25) is 0 Å². The molecule has 2 saturated heterocycles. The van der Waals surface area contributed by atoms with Crippen LogP contribution in [-0.4, -0.2) is 133 Å². The molecule has 6 aromatic rings. The summed E-state index contributed by atoms with van der Waals surface area (Å²) in [4.78, 5) is 62.1. The van der Waals surface area contributed by atoms with Crippen LogP contribution in [0.5, 0.6) is 0 Å². The summed E-state index contributed by atoms with van der Waals surface area (Å²) in [6, 6.07) is 23.7. The van der Waals surface area contributed by atoms with E-state index in [4.69, 9.17) is 5.73 Å². The number of hydrogen-bond donors (Lipinski definition) is 1. The predicted octanol–water partition coefficient (Wildman–Crippen LogP) is 6.31. The summed E-state index contributed by atoms with van der Waals surface area (Å²) in [7, 11) is 9.22. The van der Waals surface area contributed by atoms with Crippen LogP contribution in [0.3, 0.4) is 0 Å².